The van der Waals surface area contributed by atoms with Gasteiger partial charge in [0.2, 0.25) is 5.91 Å². The van der Waals surface area contributed by atoms with Crippen LogP contribution in [0.15, 0.2) is 71.8 Å². The number of nitrogens with one attached hydrogen (secondary N) is 1. The number of carbonyl (C=O) groups excluding carboxylic acids is 1. The van der Waals surface area contributed by atoms with Crippen molar-refractivity contribution in [3.63, 3.8) is 0 Å². The van der Waals surface area contributed by atoms with Gasteiger partial charge in [-0.2, -0.15) is 0 Å². The summed E-state index contributed by atoms with van der Waals surface area (Å²) < 4.78 is 1.40. The molecule has 158 valence electrons. The quantitative estimate of drug-likeness (QED) is 0.466. The van der Waals surface area contributed by atoms with Gasteiger partial charge in [0.1, 0.15) is 11.4 Å². The molecule has 6 heteroatoms. The molecule has 31 heavy (non-hydrogen) atoms. The first-order valence-electron chi connectivity index (χ1n) is 10.4. The third kappa shape index (κ3) is 4.75. The third-order valence-electron chi connectivity index (χ3n) is 5.38. The fourth-order valence-electron chi connectivity index (χ4n) is 3.71. The number of rotatable bonds is 7. The molecular weight excluding hydrogens is 406 g/mol. The molecule has 4 aromatic rings. The SMILES string of the molecule is Cc1c(-c2ccccc2)sc2ncn(CC(=O)NC(C)CCc3ccccc3)c(=O)c12. The highest BCUT2D eigenvalue weighted by Gasteiger charge is 2.17. The average molecular weight is 432 g/mol. The monoisotopic (exact) mass is 431 g/mol. The Hall–Kier alpha value is -3.25. The van der Waals surface area contributed by atoms with Gasteiger partial charge in [0.05, 0.1) is 11.7 Å². The summed E-state index contributed by atoms with van der Waals surface area (Å²) in [5.74, 6) is -0.181. The van der Waals surface area contributed by atoms with Gasteiger partial charge in [0.15, 0.2) is 0 Å². The molecule has 0 spiro atoms. The minimum Gasteiger partial charge on any atom is -0.352 e. The number of hydrogen-bond acceptors (Lipinski definition) is 4. The van der Waals surface area contributed by atoms with Crippen LogP contribution in [0.1, 0.15) is 24.5 Å². The molecule has 0 saturated carbocycles. The molecule has 2 heterocycles. The van der Waals surface area contributed by atoms with Crippen LogP contribution in [0, 0.1) is 6.92 Å². The summed E-state index contributed by atoms with van der Waals surface area (Å²) in [5.41, 5.74) is 3.05. The number of nitrogens with zero attached hydrogens (tertiary/aromatic N) is 2. The van der Waals surface area contributed by atoms with E-state index in [1.165, 1.54) is 27.8 Å². The van der Waals surface area contributed by atoms with Crippen molar-refractivity contribution in [3.8, 4) is 10.4 Å². The van der Waals surface area contributed by atoms with E-state index in [1.807, 2.05) is 62.4 Å². The van der Waals surface area contributed by atoms with Crippen molar-refractivity contribution >= 4 is 27.5 Å². The fraction of sp³-hybridized carbons (Fsp3) is 0.240. The van der Waals surface area contributed by atoms with Gasteiger partial charge < -0.3 is 5.32 Å². The first-order valence-corrected chi connectivity index (χ1v) is 11.2. The lowest BCUT2D eigenvalue weighted by Gasteiger charge is -2.14. The second-order valence-electron chi connectivity index (χ2n) is 7.77. The Bertz CT molecular complexity index is 1250. The Labute approximate surface area is 185 Å². The van der Waals surface area contributed by atoms with E-state index in [2.05, 4.69) is 22.4 Å². The van der Waals surface area contributed by atoms with Gasteiger partial charge in [-0.05, 0) is 43.4 Å². The number of benzene rings is 2. The predicted octanol–water partition coefficient (Wildman–Crippen LogP) is 4.57. The molecule has 4 rings (SSSR count). The molecule has 0 aliphatic heterocycles. The van der Waals surface area contributed by atoms with Crippen molar-refractivity contribution in [1.82, 2.24) is 14.9 Å². The maximum absolute atomic E-state index is 13.1. The zero-order valence-electron chi connectivity index (χ0n) is 17.7. The van der Waals surface area contributed by atoms with E-state index >= 15 is 0 Å². The van der Waals surface area contributed by atoms with Crippen LogP contribution in [0.2, 0.25) is 0 Å². The van der Waals surface area contributed by atoms with Crippen LogP contribution >= 0.6 is 11.3 Å². The summed E-state index contributed by atoms with van der Waals surface area (Å²) in [6, 6.07) is 20.2. The second kappa shape index (κ2) is 9.27. The predicted molar refractivity (Wildman–Crippen MR) is 126 cm³/mol. The number of carbonyl (C=O) groups is 1. The van der Waals surface area contributed by atoms with Crippen molar-refractivity contribution in [2.45, 2.75) is 39.3 Å². The van der Waals surface area contributed by atoms with Crippen molar-refractivity contribution in [3.05, 3.63) is 88.5 Å². The van der Waals surface area contributed by atoms with E-state index in [0.29, 0.717) is 10.2 Å². The van der Waals surface area contributed by atoms with Gasteiger partial charge in [0, 0.05) is 10.9 Å². The smallest absolute Gasteiger partial charge is 0.262 e. The molecule has 1 unspecified atom stereocenters. The van der Waals surface area contributed by atoms with Crippen LogP contribution in [0.5, 0.6) is 0 Å². The molecule has 0 saturated heterocycles. The van der Waals surface area contributed by atoms with Crippen LogP contribution in [-0.4, -0.2) is 21.5 Å². The van der Waals surface area contributed by atoms with Crippen molar-refractivity contribution < 1.29 is 4.79 Å². The summed E-state index contributed by atoms with van der Waals surface area (Å²) >= 11 is 1.51. The molecule has 2 aromatic heterocycles. The number of hydrogen-bond donors (Lipinski definition) is 1. The van der Waals surface area contributed by atoms with Crippen molar-refractivity contribution in [2.24, 2.45) is 0 Å². The largest absolute Gasteiger partial charge is 0.352 e. The topological polar surface area (TPSA) is 64.0 Å². The number of aromatic nitrogens is 2. The Kier molecular flexibility index (Phi) is 6.28. The maximum Gasteiger partial charge on any atom is 0.262 e. The summed E-state index contributed by atoms with van der Waals surface area (Å²) in [6.45, 7) is 3.90. The van der Waals surface area contributed by atoms with Gasteiger partial charge in [-0.1, -0.05) is 60.7 Å². The fourth-order valence-corrected chi connectivity index (χ4v) is 4.86. The highest BCUT2D eigenvalue weighted by Crippen LogP contribution is 2.35. The van der Waals surface area contributed by atoms with Crippen LogP contribution < -0.4 is 10.9 Å². The third-order valence-corrected chi connectivity index (χ3v) is 6.63. The lowest BCUT2D eigenvalue weighted by Crippen LogP contribution is -2.37. The molecule has 0 aliphatic rings. The Balaban J connectivity index is 1.47. The van der Waals surface area contributed by atoms with Gasteiger partial charge in [-0.3, -0.25) is 14.2 Å². The highest BCUT2D eigenvalue weighted by atomic mass is 32.1. The number of amides is 1. The molecule has 2 aromatic carbocycles. The van der Waals surface area contributed by atoms with E-state index in [9.17, 15) is 9.59 Å². The minimum atomic E-state index is -0.181. The molecule has 1 atom stereocenters. The van der Waals surface area contributed by atoms with E-state index in [-0.39, 0.29) is 24.1 Å². The van der Waals surface area contributed by atoms with Crippen LogP contribution in [0.4, 0.5) is 0 Å². The standard InChI is InChI=1S/C25H25N3O2S/c1-17(13-14-19-9-5-3-6-10-19)27-21(29)15-28-16-26-24-22(25(28)30)18(2)23(31-24)20-11-7-4-8-12-20/h3-12,16-17H,13-15H2,1-2H3,(H,27,29). The summed E-state index contributed by atoms with van der Waals surface area (Å²) in [6.07, 6.45) is 3.21. The first kappa shape index (κ1) is 21.0. The van der Waals surface area contributed by atoms with E-state index < -0.39 is 0 Å². The minimum absolute atomic E-state index is 0.0210. The number of thiophene rings is 1. The molecule has 0 fully saturated rings. The molecule has 5 nitrogen and oxygen atoms in total. The lowest BCUT2D eigenvalue weighted by molar-refractivity contribution is -0.122. The highest BCUT2D eigenvalue weighted by molar-refractivity contribution is 7.22. The van der Waals surface area contributed by atoms with Crippen molar-refractivity contribution in [1.29, 1.82) is 0 Å². The Morgan fingerprint density at radius 1 is 1.10 bits per heavy atom. The molecule has 1 amide bonds. The number of aryl methyl sites for hydroxylation is 2. The lowest BCUT2D eigenvalue weighted by atomic mass is 10.1. The normalized spacial score (nSPS) is 12.1. The second-order valence-corrected chi connectivity index (χ2v) is 8.77. The molecule has 0 aliphatic carbocycles. The average Bonchev–Trinajstić information content (AvgIpc) is 3.12. The Morgan fingerprint density at radius 2 is 1.77 bits per heavy atom. The molecule has 1 N–H and O–H groups in total. The Morgan fingerprint density at radius 3 is 2.48 bits per heavy atom. The first-order chi connectivity index (χ1) is 15.0. The van der Waals surface area contributed by atoms with Gasteiger partial charge in [-0.25, -0.2) is 4.98 Å². The summed E-state index contributed by atoms with van der Waals surface area (Å²) in [5, 5.41) is 3.59. The van der Waals surface area contributed by atoms with Gasteiger partial charge in [0.25, 0.3) is 5.56 Å². The maximum atomic E-state index is 13.1. The van der Waals surface area contributed by atoms with Gasteiger partial charge in [-0.15, -0.1) is 11.3 Å². The van der Waals surface area contributed by atoms with E-state index in [1.54, 1.807) is 0 Å². The number of fused-ring (bicyclic) bond motifs is 1. The molecular formula is C25H25N3O2S. The van der Waals surface area contributed by atoms with Crippen LogP contribution in [-0.2, 0) is 17.8 Å². The van der Waals surface area contributed by atoms with Crippen molar-refractivity contribution in [2.75, 3.05) is 0 Å². The summed E-state index contributed by atoms with van der Waals surface area (Å²) in [4.78, 5) is 31.8. The molecule has 0 bridgehead atoms. The van der Waals surface area contributed by atoms with E-state index in [4.69, 9.17) is 0 Å². The molecule has 0 radical (unpaired) electrons. The zero-order valence-corrected chi connectivity index (χ0v) is 18.5. The van der Waals surface area contributed by atoms with Gasteiger partial charge >= 0.3 is 0 Å². The zero-order chi connectivity index (χ0) is 21.8. The summed E-state index contributed by atoms with van der Waals surface area (Å²) in [7, 11) is 0. The van der Waals surface area contributed by atoms with Crippen LogP contribution in [0.25, 0.3) is 20.7 Å². The van der Waals surface area contributed by atoms with Crippen LogP contribution in [0.3, 0.4) is 0 Å². The van der Waals surface area contributed by atoms with E-state index in [0.717, 1.165) is 28.8 Å².